The Morgan fingerprint density at radius 2 is 1.90 bits per heavy atom. The Hall–Kier alpha value is -2.96. The van der Waals surface area contributed by atoms with Gasteiger partial charge < -0.3 is 4.74 Å². The maximum atomic E-state index is 13.4. The van der Waals surface area contributed by atoms with Gasteiger partial charge in [0.05, 0.1) is 29.0 Å². The number of carbonyl (C=O) groups is 1. The van der Waals surface area contributed by atoms with Crippen LogP contribution in [-0.4, -0.2) is 17.6 Å². The van der Waals surface area contributed by atoms with Crippen LogP contribution in [0.1, 0.15) is 30.5 Å². The first-order valence-electron chi connectivity index (χ1n) is 9.47. The van der Waals surface area contributed by atoms with Crippen molar-refractivity contribution < 1.29 is 9.53 Å². The van der Waals surface area contributed by atoms with Gasteiger partial charge >= 0.3 is 5.97 Å². The molecule has 0 spiro atoms. The SMILES string of the molecule is CCC1=C(C(=O)OC)[C@@H](c2ccccc2)n2c(s/c(=C\c3ccc(Cl)cc3)c2=O)=N1. The van der Waals surface area contributed by atoms with Crippen molar-refractivity contribution in [3.8, 4) is 0 Å². The van der Waals surface area contributed by atoms with Gasteiger partial charge in [0.1, 0.15) is 0 Å². The molecular weight excluding hydrogens is 420 g/mol. The second-order valence-corrected chi connectivity index (χ2v) is 8.20. The molecule has 2 heterocycles. The van der Waals surface area contributed by atoms with Crippen molar-refractivity contribution in [2.45, 2.75) is 19.4 Å². The first-order valence-corrected chi connectivity index (χ1v) is 10.7. The molecule has 0 saturated carbocycles. The second-order valence-electron chi connectivity index (χ2n) is 6.75. The molecule has 0 N–H and O–H groups in total. The first kappa shape index (κ1) is 20.3. The number of ether oxygens (including phenoxy) is 1. The summed E-state index contributed by atoms with van der Waals surface area (Å²) in [7, 11) is 1.34. The number of allylic oxidation sites excluding steroid dienone is 1. The number of hydrogen-bond acceptors (Lipinski definition) is 5. The van der Waals surface area contributed by atoms with Gasteiger partial charge in [0.15, 0.2) is 4.80 Å². The van der Waals surface area contributed by atoms with Crippen LogP contribution in [0.3, 0.4) is 0 Å². The fourth-order valence-electron chi connectivity index (χ4n) is 3.53. The van der Waals surface area contributed by atoms with Crippen molar-refractivity contribution >= 4 is 35.0 Å². The van der Waals surface area contributed by atoms with E-state index in [1.165, 1.54) is 18.4 Å². The standard InChI is InChI=1S/C23H19ClN2O3S/c1-3-17-19(22(28)29-2)20(15-7-5-4-6-8-15)26-21(27)18(30-23(26)25-17)13-14-9-11-16(24)12-10-14/h4-13,20H,3H2,1-2H3/b18-13-/t20-/m1/s1. The average Bonchev–Trinajstić information content (AvgIpc) is 3.08. The number of esters is 1. The van der Waals surface area contributed by atoms with Gasteiger partial charge in [-0.15, -0.1) is 0 Å². The van der Waals surface area contributed by atoms with E-state index in [-0.39, 0.29) is 5.56 Å². The van der Waals surface area contributed by atoms with Crippen LogP contribution in [0.2, 0.25) is 5.02 Å². The zero-order valence-corrected chi connectivity index (χ0v) is 18.0. The molecule has 0 aliphatic carbocycles. The molecule has 5 nitrogen and oxygen atoms in total. The van der Waals surface area contributed by atoms with E-state index in [1.54, 1.807) is 16.7 Å². The highest BCUT2D eigenvalue weighted by Crippen LogP contribution is 2.31. The van der Waals surface area contributed by atoms with Crippen LogP contribution in [-0.2, 0) is 9.53 Å². The normalized spacial score (nSPS) is 16.2. The molecule has 1 atom stereocenters. The number of halogens is 1. The summed E-state index contributed by atoms with van der Waals surface area (Å²) in [5, 5.41) is 0.632. The Labute approximate surface area is 182 Å². The summed E-state index contributed by atoms with van der Waals surface area (Å²) >= 11 is 7.27. The Bertz CT molecular complexity index is 1310. The number of thiazole rings is 1. The Morgan fingerprint density at radius 3 is 2.53 bits per heavy atom. The number of carbonyl (C=O) groups excluding carboxylic acids is 1. The Morgan fingerprint density at radius 1 is 1.20 bits per heavy atom. The summed E-state index contributed by atoms with van der Waals surface area (Å²) in [6.45, 7) is 1.94. The maximum Gasteiger partial charge on any atom is 0.338 e. The third kappa shape index (κ3) is 3.64. The molecule has 152 valence electrons. The highest BCUT2D eigenvalue weighted by atomic mass is 35.5. The van der Waals surface area contributed by atoms with E-state index in [4.69, 9.17) is 16.3 Å². The smallest absolute Gasteiger partial charge is 0.338 e. The maximum absolute atomic E-state index is 13.4. The number of nitrogens with zero attached hydrogens (tertiary/aromatic N) is 2. The van der Waals surface area contributed by atoms with E-state index < -0.39 is 12.0 Å². The lowest BCUT2D eigenvalue weighted by atomic mass is 9.95. The van der Waals surface area contributed by atoms with Crippen molar-refractivity contribution in [2.24, 2.45) is 4.99 Å². The van der Waals surface area contributed by atoms with Crippen LogP contribution in [0.15, 0.2) is 75.7 Å². The lowest BCUT2D eigenvalue weighted by Crippen LogP contribution is -2.40. The number of hydrogen-bond donors (Lipinski definition) is 0. The Balaban J connectivity index is 1.99. The van der Waals surface area contributed by atoms with Gasteiger partial charge in [-0.2, -0.15) is 0 Å². The molecule has 2 aromatic carbocycles. The largest absolute Gasteiger partial charge is 0.466 e. The van der Waals surface area contributed by atoms with Crippen LogP contribution >= 0.6 is 22.9 Å². The van der Waals surface area contributed by atoms with Crippen LogP contribution < -0.4 is 14.9 Å². The lowest BCUT2D eigenvalue weighted by molar-refractivity contribution is -0.136. The summed E-state index contributed by atoms with van der Waals surface area (Å²) in [4.78, 5) is 31.3. The number of benzene rings is 2. The predicted molar refractivity (Wildman–Crippen MR) is 118 cm³/mol. The van der Waals surface area contributed by atoms with E-state index in [2.05, 4.69) is 4.99 Å². The number of methoxy groups -OCH3 is 1. The number of fused-ring (bicyclic) bond motifs is 1. The van der Waals surface area contributed by atoms with Gasteiger partial charge in [0.25, 0.3) is 5.56 Å². The molecule has 0 saturated heterocycles. The average molecular weight is 439 g/mol. The third-order valence-electron chi connectivity index (χ3n) is 4.93. The predicted octanol–water partition coefficient (Wildman–Crippen LogP) is 3.45. The second kappa shape index (κ2) is 8.42. The zero-order valence-electron chi connectivity index (χ0n) is 16.5. The molecule has 0 amide bonds. The molecule has 0 unspecified atom stereocenters. The first-order chi connectivity index (χ1) is 14.5. The summed E-state index contributed by atoms with van der Waals surface area (Å²) in [6.07, 6.45) is 2.37. The van der Waals surface area contributed by atoms with Crippen molar-refractivity contribution in [3.05, 3.63) is 102 Å². The highest BCUT2D eigenvalue weighted by Gasteiger charge is 2.33. The van der Waals surface area contributed by atoms with Gasteiger partial charge in [-0.1, -0.05) is 72.3 Å². The molecular formula is C23H19ClN2O3S. The Kier molecular flexibility index (Phi) is 5.70. The minimum absolute atomic E-state index is 0.195. The monoisotopic (exact) mass is 438 g/mol. The van der Waals surface area contributed by atoms with Crippen molar-refractivity contribution in [1.29, 1.82) is 0 Å². The molecule has 1 aromatic heterocycles. The van der Waals surface area contributed by atoms with E-state index in [0.29, 0.717) is 32.0 Å². The van der Waals surface area contributed by atoms with Crippen molar-refractivity contribution in [1.82, 2.24) is 4.57 Å². The van der Waals surface area contributed by atoms with Crippen LogP contribution in [0.5, 0.6) is 0 Å². The van der Waals surface area contributed by atoms with E-state index in [9.17, 15) is 9.59 Å². The quantitative estimate of drug-likeness (QED) is 0.586. The molecule has 1 aliphatic rings. The minimum Gasteiger partial charge on any atom is -0.466 e. The minimum atomic E-state index is -0.586. The van der Waals surface area contributed by atoms with E-state index in [1.807, 2.05) is 55.5 Å². The zero-order chi connectivity index (χ0) is 21.3. The third-order valence-corrected chi connectivity index (χ3v) is 6.17. The van der Waals surface area contributed by atoms with Gasteiger partial charge in [0.2, 0.25) is 0 Å². The van der Waals surface area contributed by atoms with Gasteiger partial charge in [-0.3, -0.25) is 9.36 Å². The van der Waals surface area contributed by atoms with Gasteiger partial charge in [0, 0.05) is 5.02 Å². The molecule has 4 rings (SSSR count). The fraction of sp³-hybridized carbons (Fsp3) is 0.174. The van der Waals surface area contributed by atoms with E-state index >= 15 is 0 Å². The summed E-state index contributed by atoms with van der Waals surface area (Å²) in [5.74, 6) is -0.476. The van der Waals surface area contributed by atoms with Crippen LogP contribution in [0.25, 0.3) is 6.08 Å². The molecule has 7 heteroatoms. The summed E-state index contributed by atoms with van der Waals surface area (Å²) < 4.78 is 7.18. The molecule has 1 aliphatic heterocycles. The molecule has 0 fully saturated rings. The summed E-state index contributed by atoms with van der Waals surface area (Å²) in [5.41, 5.74) is 2.53. The van der Waals surface area contributed by atoms with Crippen LogP contribution in [0.4, 0.5) is 0 Å². The van der Waals surface area contributed by atoms with E-state index in [0.717, 1.165) is 11.1 Å². The molecule has 0 bridgehead atoms. The van der Waals surface area contributed by atoms with Gasteiger partial charge in [-0.25, -0.2) is 9.79 Å². The van der Waals surface area contributed by atoms with Gasteiger partial charge in [-0.05, 0) is 35.8 Å². The van der Waals surface area contributed by atoms with Crippen molar-refractivity contribution in [3.63, 3.8) is 0 Å². The number of aromatic nitrogens is 1. The topological polar surface area (TPSA) is 60.7 Å². The fourth-order valence-corrected chi connectivity index (χ4v) is 4.67. The molecule has 0 radical (unpaired) electrons. The van der Waals surface area contributed by atoms with Crippen LogP contribution in [0, 0.1) is 0 Å². The molecule has 3 aromatic rings. The summed E-state index contributed by atoms with van der Waals surface area (Å²) in [6, 6.07) is 16.2. The van der Waals surface area contributed by atoms with Crippen molar-refractivity contribution in [2.75, 3.05) is 7.11 Å². The molecule has 30 heavy (non-hydrogen) atoms. The number of rotatable bonds is 4. The highest BCUT2D eigenvalue weighted by molar-refractivity contribution is 7.07. The lowest BCUT2D eigenvalue weighted by Gasteiger charge is -2.25.